The zero-order valence-electron chi connectivity index (χ0n) is 15.7. The molecule has 0 spiro atoms. The first kappa shape index (κ1) is 19.2. The van der Waals surface area contributed by atoms with Crippen LogP contribution in [0.15, 0.2) is 70.8 Å². The number of ether oxygens (including phenoxy) is 3. The number of rotatable bonds is 5. The Balaban J connectivity index is 1.93. The number of carbonyl (C=O) groups is 1. The molecule has 1 aromatic heterocycles. The molecule has 1 aliphatic heterocycles. The lowest BCUT2D eigenvalue weighted by Gasteiger charge is -2.28. The van der Waals surface area contributed by atoms with E-state index < -0.39 is 11.9 Å². The fourth-order valence-electron chi connectivity index (χ4n) is 3.44. The van der Waals surface area contributed by atoms with Gasteiger partial charge < -0.3 is 19.9 Å². The van der Waals surface area contributed by atoms with Crippen LogP contribution < -0.4 is 15.2 Å². The average Bonchev–Trinajstić information content (AvgIpc) is 2.73. The molecule has 6 nitrogen and oxygen atoms in total. The fraction of sp³-hybridized carbons (Fsp3) is 0.182. The molecule has 0 saturated carbocycles. The van der Waals surface area contributed by atoms with Gasteiger partial charge in [-0.3, -0.25) is 4.79 Å². The first-order chi connectivity index (χ1) is 14.1. The van der Waals surface area contributed by atoms with Gasteiger partial charge in [0.15, 0.2) is 0 Å². The molecule has 2 heterocycles. The first-order valence-corrected chi connectivity index (χ1v) is 9.87. The van der Waals surface area contributed by atoms with Gasteiger partial charge in [0.25, 0.3) is 0 Å². The minimum Gasteiger partial charge on any atom is -0.460 e. The molecule has 29 heavy (non-hydrogen) atoms. The monoisotopic (exact) mass is 409 g/mol. The number of carbonyl (C=O) groups excluding carboxylic acids is 1. The van der Waals surface area contributed by atoms with E-state index >= 15 is 0 Å². The smallest absolute Gasteiger partial charge is 0.340 e. The third-order valence-electron chi connectivity index (χ3n) is 4.73. The summed E-state index contributed by atoms with van der Waals surface area (Å²) >= 11 is 1.12. The summed E-state index contributed by atoms with van der Waals surface area (Å²) in [4.78, 5) is 26.0. The van der Waals surface area contributed by atoms with Crippen LogP contribution in [0.4, 0.5) is 0 Å². The largest absolute Gasteiger partial charge is 0.460 e. The van der Waals surface area contributed by atoms with Crippen molar-refractivity contribution >= 4 is 27.4 Å². The van der Waals surface area contributed by atoms with E-state index in [1.165, 1.54) is 7.11 Å². The number of hydrogen-bond donors (Lipinski definition) is 1. The predicted molar refractivity (Wildman–Crippen MR) is 111 cm³/mol. The summed E-state index contributed by atoms with van der Waals surface area (Å²) in [6, 6.07) is 16.7. The highest BCUT2D eigenvalue weighted by atomic mass is 32.1. The Labute approximate surface area is 171 Å². The van der Waals surface area contributed by atoms with Gasteiger partial charge in [0.2, 0.25) is 10.6 Å². The zero-order chi connectivity index (χ0) is 20.4. The van der Waals surface area contributed by atoms with Gasteiger partial charge in [-0.05, 0) is 17.7 Å². The summed E-state index contributed by atoms with van der Waals surface area (Å²) in [5.41, 5.74) is 7.48. The van der Waals surface area contributed by atoms with Crippen LogP contribution in [0.1, 0.15) is 17.0 Å². The van der Waals surface area contributed by atoms with Crippen molar-refractivity contribution in [3.8, 4) is 5.75 Å². The van der Waals surface area contributed by atoms with Gasteiger partial charge in [-0.1, -0.05) is 53.8 Å². The highest BCUT2D eigenvalue weighted by Gasteiger charge is 2.38. The van der Waals surface area contributed by atoms with Crippen molar-refractivity contribution in [3.05, 3.63) is 86.7 Å². The standard InChI is InChI=1S/C22H19NO5S/c1-26-11-12-27-21(24)18-16(13-7-3-2-4-8-13)17-19(28-20(18)23)14-9-5-6-10-15(14)29-22(17)25/h2-10,16H,11-12,23H2,1H3. The Kier molecular flexibility index (Phi) is 5.33. The Bertz CT molecular complexity index is 1150. The van der Waals surface area contributed by atoms with E-state index in [0.717, 1.165) is 27.0 Å². The molecule has 0 bridgehead atoms. The molecule has 3 aromatic rings. The molecule has 0 fully saturated rings. The topological polar surface area (TPSA) is 87.8 Å². The maximum Gasteiger partial charge on any atom is 0.340 e. The van der Waals surface area contributed by atoms with E-state index in [0.29, 0.717) is 11.3 Å². The van der Waals surface area contributed by atoms with Crippen LogP contribution >= 0.6 is 11.3 Å². The Morgan fingerprint density at radius 1 is 1.10 bits per heavy atom. The predicted octanol–water partition coefficient (Wildman–Crippen LogP) is 3.15. The van der Waals surface area contributed by atoms with Crippen molar-refractivity contribution < 1.29 is 19.0 Å². The van der Waals surface area contributed by atoms with Crippen molar-refractivity contribution in [2.75, 3.05) is 20.3 Å². The molecule has 1 aliphatic rings. The highest BCUT2D eigenvalue weighted by Crippen LogP contribution is 2.44. The number of nitrogens with two attached hydrogens (primary N) is 1. The van der Waals surface area contributed by atoms with E-state index in [2.05, 4.69) is 0 Å². The van der Waals surface area contributed by atoms with Gasteiger partial charge in [-0.2, -0.15) is 0 Å². The van der Waals surface area contributed by atoms with E-state index in [9.17, 15) is 9.59 Å². The van der Waals surface area contributed by atoms with E-state index in [4.69, 9.17) is 19.9 Å². The Morgan fingerprint density at radius 2 is 1.83 bits per heavy atom. The van der Waals surface area contributed by atoms with E-state index in [1.54, 1.807) is 0 Å². The van der Waals surface area contributed by atoms with Crippen LogP contribution in [0.2, 0.25) is 0 Å². The fourth-order valence-corrected chi connectivity index (χ4v) is 4.38. The summed E-state index contributed by atoms with van der Waals surface area (Å²) in [5.74, 6) is -0.973. The second-order valence-electron chi connectivity index (χ2n) is 6.48. The lowest BCUT2D eigenvalue weighted by atomic mass is 9.83. The lowest BCUT2D eigenvalue weighted by molar-refractivity contribution is -0.140. The van der Waals surface area contributed by atoms with Gasteiger partial charge in [0, 0.05) is 17.2 Å². The van der Waals surface area contributed by atoms with Crippen LogP contribution in [0.25, 0.3) is 10.1 Å². The maximum atomic E-state index is 13.1. The second-order valence-corrected chi connectivity index (χ2v) is 7.50. The van der Waals surface area contributed by atoms with Crippen molar-refractivity contribution in [2.24, 2.45) is 5.73 Å². The van der Waals surface area contributed by atoms with E-state index in [-0.39, 0.29) is 29.4 Å². The summed E-state index contributed by atoms with van der Waals surface area (Å²) in [5, 5.41) is 0.780. The molecular weight excluding hydrogens is 390 g/mol. The summed E-state index contributed by atoms with van der Waals surface area (Å²) in [6.45, 7) is 0.330. The summed E-state index contributed by atoms with van der Waals surface area (Å²) < 4.78 is 16.7. The van der Waals surface area contributed by atoms with Crippen LogP contribution in [0.3, 0.4) is 0 Å². The zero-order valence-corrected chi connectivity index (χ0v) is 16.5. The number of fused-ring (bicyclic) bond motifs is 3. The average molecular weight is 409 g/mol. The molecule has 1 unspecified atom stereocenters. The van der Waals surface area contributed by atoms with Gasteiger partial charge in [0.05, 0.1) is 18.1 Å². The third kappa shape index (κ3) is 3.50. The number of benzene rings is 2. The van der Waals surface area contributed by atoms with Crippen LogP contribution in [-0.4, -0.2) is 26.3 Å². The molecule has 0 radical (unpaired) electrons. The van der Waals surface area contributed by atoms with E-state index in [1.807, 2.05) is 54.6 Å². The second kappa shape index (κ2) is 8.06. The van der Waals surface area contributed by atoms with Crippen molar-refractivity contribution in [2.45, 2.75) is 5.92 Å². The minimum atomic E-state index is -0.677. The molecule has 4 rings (SSSR count). The number of methoxy groups -OCH3 is 1. The molecule has 1 atom stereocenters. The van der Waals surface area contributed by atoms with Crippen LogP contribution in [0, 0.1) is 0 Å². The summed E-state index contributed by atoms with van der Waals surface area (Å²) in [7, 11) is 1.52. The minimum absolute atomic E-state index is 0.0606. The summed E-state index contributed by atoms with van der Waals surface area (Å²) in [6.07, 6.45) is 0. The molecule has 0 aliphatic carbocycles. The van der Waals surface area contributed by atoms with Crippen molar-refractivity contribution in [1.82, 2.24) is 0 Å². The normalized spacial score (nSPS) is 15.7. The molecular formula is C22H19NO5S. The Hall–Kier alpha value is -3.16. The molecule has 148 valence electrons. The van der Waals surface area contributed by atoms with Crippen LogP contribution in [-0.2, 0) is 14.3 Å². The molecule has 0 amide bonds. The Morgan fingerprint density at radius 3 is 2.59 bits per heavy atom. The van der Waals surface area contributed by atoms with Gasteiger partial charge in [0.1, 0.15) is 17.9 Å². The molecule has 2 N–H and O–H groups in total. The van der Waals surface area contributed by atoms with Gasteiger partial charge in [-0.15, -0.1) is 0 Å². The maximum absolute atomic E-state index is 13.1. The van der Waals surface area contributed by atoms with Crippen molar-refractivity contribution in [3.63, 3.8) is 0 Å². The number of esters is 1. The lowest BCUT2D eigenvalue weighted by Crippen LogP contribution is -2.30. The molecule has 2 aromatic carbocycles. The van der Waals surface area contributed by atoms with Crippen molar-refractivity contribution in [1.29, 1.82) is 0 Å². The molecule has 0 saturated heterocycles. The first-order valence-electron chi connectivity index (χ1n) is 9.06. The number of hydrogen-bond acceptors (Lipinski definition) is 7. The third-order valence-corrected chi connectivity index (χ3v) is 5.71. The van der Waals surface area contributed by atoms with Gasteiger partial charge >= 0.3 is 5.97 Å². The highest BCUT2D eigenvalue weighted by molar-refractivity contribution is 7.16. The van der Waals surface area contributed by atoms with Crippen LogP contribution in [0.5, 0.6) is 5.75 Å². The quantitative estimate of drug-likeness (QED) is 0.515. The van der Waals surface area contributed by atoms with Gasteiger partial charge in [-0.25, -0.2) is 4.79 Å². The molecule has 7 heteroatoms. The SMILES string of the molecule is COCCOC(=O)C1=C(N)Oc2c(c(=O)sc3ccccc23)C1c1ccccc1.